The minimum Gasteiger partial charge on any atom is -0.508 e. The number of anilines is 1. The molecule has 0 aromatic heterocycles. The highest BCUT2D eigenvalue weighted by atomic mass is 32.1. The number of aromatic hydroxyl groups is 1. The van der Waals surface area contributed by atoms with Gasteiger partial charge >= 0.3 is 6.36 Å². The minimum atomic E-state index is -4.73. The maximum atomic E-state index is 12.3. The first-order valence-corrected chi connectivity index (χ1v) is 9.11. The number of nitrogens with one attached hydrogen (secondary N) is 1. The molecule has 3 rings (SSSR count). The number of halogens is 3. The van der Waals surface area contributed by atoms with E-state index in [4.69, 9.17) is 12.2 Å². The van der Waals surface area contributed by atoms with Crippen molar-refractivity contribution in [1.29, 1.82) is 0 Å². The summed E-state index contributed by atoms with van der Waals surface area (Å²) in [4.78, 5) is 4.23. The molecule has 1 aliphatic rings. The standard InChI is InChI=1S/C19H20F3N3O2S/c20-19(21,22)27-17-6-2-4-15(12-17)23-18(28)25-9-7-24(8-10-25)13-14-3-1-5-16(26)11-14/h1-6,11-12,26H,7-10,13H2,(H,23,28). The van der Waals surface area contributed by atoms with Crippen LogP contribution in [0.15, 0.2) is 48.5 Å². The molecule has 0 saturated carbocycles. The van der Waals surface area contributed by atoms with Crippen LogP contribution in [0, 0.1) is 0 Å². The highest BCUT2D eigenvalue weighted by Crippen LogP contribution is 2.25. The fraction of sp³-hybridized carbons (Fsp3) is 0.316. The SMILES string of the molecule is Oc1cccc(CN2CCN(C(=S)Nc3cccc(OC(F)(F)F)c3)CC2)c1. The Kier molecular flexibility index (Phi) is 6.25. The molecule has 0 aliphatic carbocycles. The molecule has 5 nitrogen and oxygen atoms in total. The van der Waals surface area contributed by atoms with Gasteiger partial charge in [-0.05, 0) is 42.0 Å². The van der Waals surface area contributed by atoms with Crippen LogP contribution in [0.2, 0.25) is 0 Å². The van der Waals surface area contributed by atoms with Crippen LogP contribution in [0.3, 0.4) is 0 Å². The van der Waals surface area contributed by atoms with E-state index in [1.54, 1.807) is 18.2 Å². The lowest BCUT2D eigenvalue weighted by molar-refractivity contribution is -0.274. The van der Waals surface area contributed by atoms with Gasteiger partial charge < -0.3 is 20.1 Å². The second-order valence-electron chi connectivity index (χ2n) is 6.44. The second kappa shape index (κ2) is 8.66. The Morgan fingerprint density at radius 1 is 1.07 bits per heavy atom. The largest absolute Gasteiger partial charge is 0.573 e. The van der Waals surface area contributed by atoms with Gasteiger partial charge in [0.2, 0.25) is 0 Å². The Morgan fingerprint density at radius 3 is 2.46 bits per heavy atom. The predicted molar refractivity (Wildman–Crippen MR) is 104 cm³/mol. The second-order valence-corrected chi connectivity index (χ2v) is 6.83. The third kappa shape index (κ3) is 6.00. The third-order valence-electron chi connectivity index (χ3n) is 4.30. The molecule has 0 spiro atoms. The molecule has 0 bridgehead atoms. The molecule has 2 aromatic carbocycles. The first kappa shape index (κ1) is 20.2. The summed E-state index contributed by atoms with van der Waals surface area (Å²) in [5.74, 6) is -0.0468. The molecule has 2 N–H and O–H groups in total. The predicted octanol–water partition coefficient (Wildman–Crippen LogP) is 3.81. The lowest BCUT2D eigenvalue weighted by Crippen LogP contribution is -2.49. The number of hydrogen-bond donors (Lipinski definition) is 2. The van der Waals surface area contributed by atoms with Crippen molar-refractivity contribution in [3.8, 4) is 11.5 Å². The Bertz CT molecular complexity index is 824. The quantitative estimate of drug-likeness (QED) is 0.747. The number of nitrogens with zero attached hydrogens (tertiary/aromatic N) is 2. The van der Waals surface area contributed by atoms with Gasteiger partial charge in [0.05, 0.1) is 0 Å². The van der Waals surface area contributed by atoms with Crippen LogP contribution in [-0.4, -0.2) is 52.6 Å². The zero-order chi connectivity index (χ0) is 20.1. The summed E-state index contributed by atoms with van der Waals surface area (Å²) in [7, 11) is 0. The average molecular weight is 411 g/mol. The van der Waals surface area contributed by atoms with Crippen LogP contribution in [-0.2, 0) is 6.54 Å². The van der Waals surface area contributed by atoms with E-state index in [0.717, 1.165) is 25.2 Å². The van der Waals surface area contributed by atoms with E-state index in [0.29, 0.717) is 23.9 Å². The number of rotatable bonds is 4. The van der Waals surface area contributed by atoms with Crippen LogP contribution < -0.4 is 10.1 Å². The van der Waals surface area contributed by atoms with E-state index < -0.39 is 6.36 Å². The van der Waals surface area contributed by atoms with Gasteiger partial charge in [-0.2, -0.15) is 0 Å². The molecule has 1 heterocycles. The Labute approximate surface area is 166 Å². The summed E-state index contributed by atoms with van der Waals surface area (Å²) in [6, 6.07) is 12.8. The summed E-state index contributed by atoms with van der Waals surface area (Å²) in [6.45, 7) is 3.70. The maximum Gasteiger partial charge on any atom is 0.573 e. The molecule has 0 amide bonds. The van der Waals surface area contributed by atoms with Crippen molar-refractivity contribution in [3.05, 3.63) is 54.1 Å². The van der Waals surface area contributed by atoms with Gasteiger partial charge in [0.15, 0.2) is 5.11 Å². The molecular weight excluding hydrogens is 391 g/mol. The van der Waals surface area contributed by atoms with Crippen molar-refractivity contribution in [2.75, 3.05) is 31.5 Å². The minimum absolute atomic E-state index is 0.248. The molecule has 1 saturated heterocycles. The normalized spacial score (nSPS) is 15.3. The average Bonchev–Trinajstić information content (AvgIpc) is 2.61. The van der Waals surface area contributed by atoms with Crippen LogP contribution in [0.25, 0.3) is 0 Å². The molecule has 1 fully saturated rings. The third-order valence-corrected chi connectivity index (χ3v) is 4.66. The highest BCUT2D eigenvalue weighted by molar-refractivity contribution is 7.80. The number of benzene rings is 2. The topological polar surface area (TPSA) is 48.0 Å². The lowest BCUT2D eigenvalue weighted by Gasteiger charge is -2.36. The van der Waals surface area contributed by atoms with Crippen molar-refractivity contribution in [2.45, 2.75) is 12.9 Å². The fourth-order valence-electron chi connectivity index (χ4n) is 3.00. The maximum absolute atomic E-state index is 12.3. The number of phenolic OH excluding ortho intramolecular Hbond substituents is 1. The van der Waals surface area contributed by atoms with Crippen molar-refractivity contribution in [3.63, 3.8) is 0 Å². The molecule has 0 radical (unpaired) electrons. The van der Waals surface area contributed by atoms with Gasteiger partial charge in [-0.25, -0.2) is 0 Å². The number of thiocarbonyl (C=S) groups is 1. The van der Waals surface area contributed by atoms with Crippen molar-refractivity contribution in [2.24, 2.45) is 0 Å². The Hall–Kier alpha value is -2.52. The van der Waals surface area contributed by atoms with Gasteiger partial charge in [0, 0.05) is 44.5 Å². The molecule has 1 aliphatic heterocycles. The van der Waals surface area contributed by atoms with Gasteiger partial charge in [-0.15, -0.1) is 13.2 Å². The van der Waals surface area contributed by atoms with E-state index in [9.17, 15) is 18.3 Å². The summed E-state index contributed by atoms with van der Waals surface area (Å²) >= 11 is 5.39. The first-order valence-electron chi connectivity index (χ1n) is 8.70. The van der Waals surface area contributed by atoms with Gasteiger partial charge in [0.25, 0.3) is 0 Å². The summed E-state index contributed by atoms with van der Waals surface area (Å²) in [5, 5.41) is 13.0. The monoisotopic (exact) mass is 411 g/mol. The number of alkyl halides is 3. The molecule has 28 heavy (non-hydrogen) atoms. The van der Waals surface area contributed by atoms with E-state index in [1.807, 2.05) is 17.0 Å². The molecular formula is C19H20F3N3O2S. The summed E-state index contributed by atoms with van der Waals surface area (Å²) in [6.07, 6.45) is -4.73. The Morgan fingerprint density at radius 2 is 1.79 bits per heavy atom. The smallest absolute Gasteiger partial charge is 0.508 e. The van der Waals surface area contributed by atoms with E-state index in [1.165, 1.54) is 18.2 Å². The van der Waals surface area contributed by atoms with E-state index >= 15 is 0 Å². The van der Waals surface area contributed by atoms with Crippen LogP contribution in [0.1, 0.15) is 5.56 Å². The molecule has 150 valence electrons. The zero-order valence-corrected chi connectivity index (χ0v) is 15.8. The van der Waals surface area contributed by atoms with Crippen molar-refractivity contribution in [1.82, 2.24) is 9.80 Å². The number of hydrogen-bond acceptors (Lipinski definition) is 4. The number of ether oxygens (including phenoxy) is 1. The molecule has 0 unspecified atom stereocenters. The number of piperazine rings is 1. The lowest BCUT2D eigenvalue weighted by atomic mass is 10.2. The first-order chi connectivity index (χ1) is 13.3. The molecule has 0 atom stereocenters. The van der Waals surface area contributed by atoms with Crippen LogP contribution >= 0.6 is 12.2 Å². The van der Waals surface area contributed by atoms with Crippen molar-refractivity contribution >= 4 is 23.0 Å². The summed E-state index contributed by atoms with van der Waals surface area (Å²) in [5.41, 5.74) is 1.48. The molecule has 2 aromatic rings. The van der Waals surface area contributed by atoms with Crippen molar-refractivity contribution < 1.29 is 23.0 Å². The summed E-state index contributed by atoms with van der Waals surface area (Å²) < 4.78 is 41.0. The van der Waals surface area contributed by atoms with Gasteiger partial charge in [-0.1, -0.05) is 18.2 Å². The van der Waals surface area contributed by atoms with E-state index in [-0.39, 0.29) is 11.5 Å². The van der Waals surface area contributed by atoms with Crippen LogP contribution in [0.4, 0.5) is 18.9 Å². The highest BCUT2D eigenvalue weighted by Gasteiger charge is 2.31. The number of phenols is 1. The van der Waals surface area contributed by atoms with Gasteiger partial charge in [-0.3, -0.25) is 4.90 Å². The fourth-order valence-corrected chi connectivity index (χ4v) is 3.30. The van der Waals surface area contributed by atoms with Gasteiger partial charge in [0.1, 0.15) is 11.5 Å². The Balaban J connectivity index is 1.51. The van der Waals surface area contributed by atoms with Crippen LogP contribution in [0.5, 0.6) is 11.5 Å². The zero-order valence-electron chi connectivity index (χ0n) is 14.9. The van der Waals surface area contributed by atoms with E-state index in [2.05, 4.69) is 15.0 Å². The molecule has 9 heteroatoms.